The van der Waals surface area contributed by atoms with Crippen molar-refractivity contribution >= 4 is 46.7 Å². The lowest BCUT2D eigenvalue weighted by atomic mass is 10.3. The fourth-order valence-corrected chi connectivity index (χ4v) is 4.03. The number of carbonyl (C=O) groups is 2. The molecule has 0 atom stereocenters. The first-order chi connectivity index (χ1) is 15.3. The number of ether oxygens (including phenoxy) is 2. The minimum absolute atomic E-state index is 0.00575. The molecule has 0 unspecified atom stereocenters. The molecule has 0 aliphatic rings. The fourth-order valence-electron chi connectivity index (χ4n) is 2.28. The summed E-state index contributed by atoms with van der Waals surface area (Å²) in [6, 6.07) is 11.2. The topological polar surface area (TPSA) is 76.7 Å². The molecule has 0 aliphatic carbocycles. The van der Waals surface area contributed by atoms with E-state index in [1.165, 1.54) is 72.1 Å². The number of hydrogen-bond donors (Lipinski definition) is 2. The number of rotatable bonds is 13. The Morgan fingerprint density at radius 2 is 1.03 bits per heavy atom. The average molecular weight is 493 g/mol. The molecule has 2 aromatic carbocycles. The monoisotopic (exact) mass is 492 g/mol. The standard InChI is InChI=1S/C20H20F4N2O4S2/c21-19(22)29-15-5-1-13(2-6-15)25-17(27)11-31-9-10-32-12-18(28)26-14-3-7-16(8-4-14)30-20(23)24/h1-8,19-20H,9-12H2,(H,25,27)(H,26,28). The highest BCUT2D eigenvalue weighted by Gasteiger charge is 2.08. The largest absolute Gasteiger partial charge is 0.435 e. The molecule has 2 amide bonds. The van der Waals surface area contributed by atoms with Crippen molar-refractivity contribution in [1.29, 1.82) is 0 Å². The number of benzene rings is 2. The predicted molar refractivity (Wildman–Crippen MR) is 118 cm³/mol. The summed E-state index contributed by atoms with van der Waals surface area (Å²) < 4.78 is 56.9. The minimum Gasteiger partial charge on any atom is -0.435 e. The number of alkyl halides is 4. The van der Waals surface area contributed by atoms with Crippen molar-refractivity contribution in [2.75, 3.05) is 33.6 Å². The summed E-state index contributed by atoms with van der Waals surface area (Å²) >= 11 is 2.78. The van der Waals surface area contributed by atoms with Gasteiger partial charge in [-0.1, -0.05) is 0 Å². The second-order valence-corrected chi connectivity index (χ2v) is 8.22. The maximum absolute atomic E-state index is 12.1. The molecule has 32 heavy (non-hydrogen) atoms. The van der Waals surface area contributed by atoms with Gasteiger partial charge in [-0.2, -0.15) is 41.1 Å². The van der Waals surface area contributed by atoms with Gasteiger partial charge in [0, 0.05) is 22.9 Å². The van der Waals surface area contributed by atoms with Gasteiger partial charge in [0.15, 0.2) is 0 Å². The molecule has 0 saturated heterocycles. The number of nitrogens with one attached hydrogen (secondary N) is 2. The summed E-state index contributed by atoms with van der Waals surface area (Å²) in [6.07, 6.45) is 0. The van der Waals surface area contributed by atoms with Crippen LogP contribution in [-0.4, -0.2) is 48.0 Å². The number of carbonyl (C=O) groups excluding carboxylic acids is 2. The second-order valence-electron chi connectivity index (χ2n) is 6.01. The third-order valence-electron chi connectivity index (χ3n) is 3.56. The molecule has 2 aromatic rings. The molecule has 6 nitrogen and oxygen atoms in total. The van der Waals surface area contributed by atoms with Crippen LogP contribution in [0.2, 0.25) is 0 Å². The zero-order valence-corrected chi connectivity index (χ0v) is 18.2. The SMILES string of the molecule is O=C(CSCCSCC(=O)Nc1ccc(OC(F)F)cc1)Nc1ccc(OC(F)F)cc1. The summed E-state index contributed by atoms with van der Waals surface area (Å²) in [4.78, 5) is 23.8. The van der Waals surface area contributed by atoms with E-state index in [9.17, 15) is 27.2 Å². The molecule has 12 heteroatoms. The maximum Gasteiger partial charge on any atom is 0.387 e. The lowest BCUT2D eigenvalue weighted by Gasteiger charge is -2.08. The van der Waals surface area contributed by atoms with Crippen LogP contribution in [0.5, 0.6) is 11.5 Å². The number of thioether (sulfide) groups is 2. The van der Waals surface area contributed by atoms with Gasteiger partial charge in [0.05, 0.1) is 11.5 Å². The van der Waals surface area contributed by atoms with Crippen LogP contribution in [0.15, 0.2) is 48.5 Å². The smallest absolute Gasteiger partial charge is 0.387 e. The summed E-state index contributed by atoms with van der Waals surface area (Å²) in [5.41, 5.74) is 0.939. The van der Waals surface area contributed by atoms with E-state index in [2.05, 4.69) is 20.1 Å². The molecule has 0 radical (unpaired) electrons. The Morgan fingerprint density at radius 3 is 1.34 bits per heavy atom. The van der Waals surface area contributed by atoms with Gasteiger partial charge in [-0.25, -0.2) is 0 Å². The van der Waals surface area contributed by atoms with Crippen LogP contribution in [0.3, 0.4) is 0 Å². The van der Waals surface area contributed by atoms with Crippen molar-refractivity contribution in [3.8, 4) is 11.5 Å². The van der Waals surface area contributed by atoms with Gasteiger partial charge >= 0.3 is 13.2 Å². The molecule has 0 saturated carbocycles. The normalized spacial score (nSPS) is 10.8. The van der Waals surface area contributed by atoms with Gasteiger partial charge in [0.2, 0.25) is 11.8 Å². The first kappa shape index (κ1) is 25.7. The van der Waals surface area contributed by atoms with Crippen LogP contribution in [0.1, 0.15) is 0 Å². The van der Waals surface area contributed by atoms with E-state index in [4.69, 9.17) is 0 Å². The van der Waals surface area contributed by atoms with E-state index in [1.54, 1.807) is 0 Å². The molecule has 2 N–H and O–H groups in total. The Bertz CT molecular complexity index is 784. The number of amides is 2. The van der Waals surface area contributed by atoms with Crippen molar-refractivity contribution in [2.45, 2.75) is 13.2 Å². The Labute approximate surface area is 190 Å². The van der Waals surface area contributed by atoms with E-state index in [0.717, 1.165) is 0 Å². The quantitative estimate of drug-likeness (QED) is 0.305. The second kappa shape index (κ2) is 13.7. The molecule has 0 bridgehead atoms. The molecule has 174 valence electrons. The van der Waals surface area contributed by atoms with Gasteiger partial charge in [0.25, 0.3) is 0 Å². The van der Waals surface area contributed by atoms with Crippen molar-refractivity contribution in [1.82, 2.24) is 0 Å². The molecular formula is C20H20F4N2O4S2. The van der Waals surface area contributed by atoms with Crippen LogP contribution in [0, 0.1) is 0 Å². The average Bonchev–Trinajstić information content (AvgIpc) is 2.73. The van der Waals surface area contributed by atoms with Crippen LogP contribution in [0.4, 0.5) is 28.9 Å². The first-order valence-corrected chi connectivity index (χ1v) is 11.5. The van der Waals surface area contributed by atoms with Crippen molar-refractivity contribution < 1.29 is 36.6 Å². The summed E-state index contributed by atoms with van der Waals surface area (Å²) in [6.45, 7) is -5.81. The van der Waals surface area contributed by atoms with E-state index < -0.39 is 13.2 Å². The van der Waals surface area contributed by atoms with Crippen LogP contribution in [0.25, 0.3) is 0 Å². The molecular weight excluding hydrogens is 472 g/mol. The highest BCUT2D eigenvalue weighted by molar-refractivity contribution is 8.03. The molecule has 0 fully saturated rings. The first-order valence-electron chi connectivity index (χ1n) is 9.17. The Kier molecular flexibility index (Phi) is 11.0. The zero-order chi connectivity index (χ0) is 23.3. The number of halogens is 4. The lowest BCUT2D eigenvalue weighted by Crippen LogP contribution is -2.15. The lowest BCUT2D eigenvalue weighted by molar-refractivity contribution is -0.114. The van der Waals surface area contributed by atoms with Gasteiger partial charge in [0.1, 0.15) is 11.5 Å². The molecule has 0 aliphatic heterocycles. The molecule has 0 heterocycles. The van der Waals surface area contributed by atoms with E-state index in [0.29, 0.717) is 22.9 Å². The fraction of sp³-hybridized carbons (Fsp3) is 0.300. The van der Waals surface area contributed by atoms with E-state index in [1.807, 2.05) is 0 Å². The Morgan fingerprint density at radius 1 is 0.688 bits per heavy atom. The summed E-state index contributed by atoms with van der Waals surface area (Å²) in [5.74, 6) is 1.24. The Balaban J connectivity index is 1.55. The van der Waals surface area contributed by atoms with Gasteiger partial charge < -0.3 is 20.1 Å². The van der Waals surface area contributed by atoms with E-state index >= 15 is 0 Å². The number of anilines is 2. The highest BCUT2D eigenvalue weighted by atomic mass is 32.2. The summed E-state index contributed by atoms with van der Waals surface area (Å²) in [7, 11) is 0. The minimum atomic E-state index is -2.91. The van der Waals surface area contributed by atoms with Gasteiger partial charge in [-0.15, -0.1) is 0 Å². The van der Waals surface area contributed by atoms with Crippen molar-refractivity contribution in [2.24, 2.45) is 0 Å². The molecule has 0 aromatic heterocycles. The summed E-state index contributed by atoms with van der Waals surface area (Å²) in [5, 5.41) is 5.30. The van der Waals surface area contributed by atoms with Crippen molar-refractivity contribution in [3.05, 3.63) is 48.5 Å². The Hall–Kier alpha value is -2.60. The van der Waals surface area contributed by atoms with Crippen LogP contribution >= 0.6 is 23.5 Å². The van der Waals surface area contributed by atoms with Gasteiger partial charge in [-0.3, -0.25) is 9.59 Å². The van der Waals surface area contributed by atoms with Crippen molar-refractivity contribution in [3.63, 3.8) is 0 Å². The molecule has 0 spiro atoms. The third-order valence-corrected chi connectivity index (χ3v) is 5.74. The van der Waals surface area contributed by atoms with Crippen LogP contribution in [-0.2, 0) is 9.59 Å². The maximum atomic E-state index is 12.1. The predicted octanol–water partition coefficient (Wildman–Crippen LogP) is 4.93. The number of hydrogen-bond acceptors (Lipinski definition) is 6. The van der Waals surface area contributed by atoms with Crippen LogP contribution < -0.4 is 20.1 Å². The molecule has 2 rings (SSSR count). The van der Waals surface area contributed by atoms with Gasteiger partial charge in [-0.05, 0) is 48.5 Å². The van der Waals surface area contributed by atoms with E-state index in [-0.39, 0.29) is 34.8 Å². The zero-order valence-electron chi connectivity index (χ0n) is 16.6. The highest BCUT2D eigenvalue weighted by Crippen LogP contribution is 2.19. The third kappa shape index (κ3) is 10.6.